The maximum atomic E-state index is 12.4. The minimum atomic E-state index is -1.08. The smallest absolute Gasteiger partial charge is 0.314 e. The summed E-state index contributed by atoms with van der Waals surface area (Å²) in [5, 5.41) is 13.4. The fraction of sp³-hybridized carbons (Fsp3) is 0.263. The first-order valence-electron chi connectivity index (χ1n) is 8.23. The van der Waals surface area contributed by atoms with Crippen molar-refractivity contribution in [1.82, 2.24) is 0 Å². The second kappa shape index (κ2) is 8.75. The first-order valence-corrected chi connectivity index (χ1v) is 8.23. The summed E-state index contributed by atoms with van der Waals surface area (Å²) >= 11 is 0. The van der Waals surface area contributed by atoms with Gasteiger partial charge in [-0.2, -0.15) is 0 Å². The molecule has 0 saturated heterocycles. The lowest BCUT2D eigenvalue weighted by atomic mass is 9.97. The van der Waals surface area contributed by atoms with Crippen LogP contribution in [0.3, 0.4) is 0 Å². The van der Waals surface area contributed by atoms with E-state index in [4.69, 9.17) is 4.74 Å². The van der Waals surface area contributed by atoms with Gasteiger partial charge in [0.05, 0.1) is 10.8 Å². The molecule has 7 nitrogen and oxygen atoms in total. The van der Waals surface area contributed by atoms with Crippen LogP contribution in [0.15, 0.2) is 54.6 Å². The van der Waals surface area contributed by atoms with Crippen molar-refractivity contribution in [2.75, 3.05) is 5.32 Å². The van der Waals surface area contributed by atoms with Gasteiger partial charge in [-0.1, -0.05) is 49.4 Å². The largest absolute Gasteiger partial charge is 0.452 e. The van der Waals surface area contributed by atoms with Crippen molar-refractivity contribution in [3.63, 3.8) is 0 Å². The molecule has 136 valence electrons. The fourth-order valence-corrected chi connectivity index (χ4v) is 2.51. The van der Waals surface area contributed by atoms with Crippen LogP contribution in [0.5, 0.6) is 0 Å². The Morgan fingerprint density at radius 3 is 2.35 bits per heavy atom. The number of hydrogen-bond acceptors (Lipinski definition) is 5. The molecule has 2 aromatic rings. The number of benzene rings is 2. The molecule has 1 amide bonds. The molecule has 0 aliphatic rings. The molecule has 2 aromatic carbocycles. The number of nitrogens with one attached hydrogen (secondary N) is 1. The van der Waals surface area contributed by atoms with Gasteiger partial charge in [-0.3, -0.25) is 19.7 Å². The number of nitro groups is 1. The highest BCUT2D eigenvalue weighted by atomic mass is 16.6. The Bertz CT molecular complexity index is 792. The number of amides is 1. The van der Waals surface area contributed by atoms with Crippen LogP contribution in [0.25, 0.3) is 0 Å². The van der Waals surface area contributed by atoms with Gasteiger partial charge in [-0.15, -0.1) is 0 Å². The third-order valence-electron chi connectivity index (χ3n) is 3.92. The number of para-hydroxylation sites is 2. The number of nitrogens with zero attached hydrogens (tertiary/aromatic N) is 1. The van der Waals surface area contributed by atoms with Crippen LogP contribution >= 0.6 is 0 Å². The summed E-state index contributed by atoms with van der Waals surface area (Å²) < 4.78 is 5.27. The van der Waals surface area contributed by atoms with Crippen LogP contribution in [0.4, 0.5) is 11.4 Å². The molecular formula is C19H20N2O5. The first-order chi connectivity index (χ1) is 12.4. The van der Waals surface area contributed by atoms with E-state index >= 15 is 0 Å². The Balaban J connectivity index is 2.05. The van der Waals surface area contributed by atoms with Crippen LogP contribution in [-0.2, 0) is 14.3 Å². The summed E-state index contributed by atoms with van der Waals surface area (Å²) in [7, 11) is 0. The van der Waals surface area contributed by atoms with E-state index in [2.05, 4.69) is 5.32 Å². The molecule has 2 atom stereocenters. The third-order valence-corrected chi connectivity index (χ3v) is 3.92. The van der Waals surface area contributed by atoms with E-state index < -0.39 is 28.8 Å². The Labute approximate surface area is 151 Å². The number of carbonyl (C=O) groups is 2. The number of hydrogen-bond donors (Lipinski definition) is 1. The fourth-order valence-electron chi connectivity index (χ4n) is 2.51. The van der Waals surface area contributed by atoms with Crippen molar-refractivity contribution in [3.05, 3.63) is 70.3 Å². The first kappa shape index (κ1) is 19.1. The number of carbonyl (C=O) groups excluding carboxylic acids is 2. The zero-order chi connectivity index (χ0) is 19.1. The average Bonchev–Trinajstić information content (AvgIpc) is 2.63. The lowest BCUT2D eigenvalue weighted by Gasteiger charge is -2.18. The lowest BCUT2D eigenvalue weighted by molar-refractivity contribution is -0.383. The second-order valence-electron chi connectivity index (χ2n) is 5.71. The van der Waals surface area contributed by atoms with Gasteiger partial charge in [0.2, 0.25) is 0 Å². The molecule has 0 saturated carbocycles. The van der Waals surface area contributed by atoms with Gasteiger partial charge >= 0.3 is 5.97 Å². The Kier molecular flexibility index (Phi) is 6.43. The highest BCUT2D eigenvalue weighted by Gasteiger charge is 2.26. The van der Waals surface area contributed by atoms with Gasteiger partial charge in [0, 0.05) is 6.07 Å². The molecule has 0 aliphatic carbocycles. The van der Waals surface area contributed by atoms with Crippen LogP contribution in [0.1, 0.15) is 31.7 Å². The summed E-state index contributed by atoms with van der Waals surface area (Å²) in [4.78, 5) is 35.1. The minimum absolute atomic E-state index is 0.0560. The van der Waals surface area contributed by atoms with E-state index in [0.717, 1.165) is 5.56 Å². The van der Waals surface area contributed by atoms with Crippen molar-refractivity contribution >= 4 is 23.3 Å². The summed E-state index contributed by atoms with van der Waals surface area (Å²) in [6, 6.07) is 14.9. The summed E-state index contributed by atoms with van der Waals surface area (Å²) in [6.07, 6.45) is -0.554. The van der Waals surface area contributed by atoms with Gasteiger partial charge in [0.25, 0.3) is 11.6 Å². The predicted molar refractivity (Wildman–Crippen MR) is 96.8 cm³/mol. The normalized spacial score (nSPS) is 12.7. The van der Waals surface area contributed by atoms with Gasteiger partial charge in [-0.05, 0) is 25.0 Å². The quantitative estimate of drug-likeness (QED) is 0.464. The highest BCUT2D eigenvalue weighted by molar-refractivity contribution is 5.97. The third kappa shape index (κ3) is 4.66. The van der Waals surface area contributed by atoms with Gasteiger partial charge in [0.1, 0.15) is 5.69 Å². The van der Waals surface area contributed by atoms with Crippen LogP contribution in [-0.4, -0.2) is 22.9 Å². The Hall–Kier alpha value is -3.22. The van der Waals surface area contributed by atoms with Crippen molar-refractivity contribution < 1.29 is 19.2 Å². The molecule has 0 aliphatic heterocycles. The van der Waals surface area contributed by atoms with Crippen LogP contribution in [0, 0.1) is 10.1 Å². The molecule has 0 fully saturated rings. The number of nitro benzene ring substituents is 1. The predicted octanol–water partition coefficient (Wildman–Crippen LogP) is 3.66. The van der Waals surface area contributed by atoms with Crippen molar-refractivity contribution in [2.45, 2.75) is 32.3 Å². The monoisotopic (exact) mass is 356 g/mol. The molecule has 0 aromatic heterocycles. The van der Waals surface area contributed by atoms with E-state index in [-0.39, 0.29) is 11.4 Å². The summed E-state index contributed by atoms with van der Waals surface area (Å²) in [5.74, 6) is -1.61. The van der Waals surface area contributed by atoms with Gasteiger partial charge < -0.3 is 10.1 Å². The molecule has 0 unspecified atom stereocenters. The SMILES string of the molecule is CC[C@H](C(=O)O[C@@H](C)C(=O)Nc1ccccc1[N+](=O)[O-])c1ccccc1. The average molecular weight is 356 g/mol. The number of rotatable bonds is 7. The number of anilines is 1. The minimum Gasteiger partial charge on any atom is -0.452 e. The van der Waals surface area contributed by atoms with Crippen molar-refractivity contribution in [2.24, 2.45) is 0 Å². The van der Waals surface area contributed by atoms with E-state index in [1.54, 1.807) is 6.07 Å². The van der Waals surface area contributed by atoms with E-state index in [9.17, 15) is 19.7 Å². The molecule has 0 heterocycles. The van der Waals surface area contributed by atoms with E-state index in [1.807, 2.05) is 37.3 Å². The maximum absolute atomic E-state index is 12.4. The lowest BCUT2D eigenvalue weighted by Crippen LogP contribution is -2.32. The zero-order valence-electron chi connectivity index (χ0n) is 14.5. The summed E-state index contributed by atoms with van der Waals surface area (Å²) in [5.41, 5.74) is 0.641. The molecule has 7 heteroatoms. The number of esters is 1. The number of ether oxygens (including phenoxy) is 1. The molecule has 2 rings (SSSR count). The molecule has 0 radical (unpaired) electrons. The highest BCUT2D eigenvalue weighted by Crippen LogP contribution is 2.24. The topological polar surface area (TPSA) is 98.5 Å². The molecule has 0 bridgehead atoms. The summed E-state index contributed by atoms with van der Waals surface area (Å²) in [6.45, 7) is 3.29. The Morgan fingerprint density at radius 2 is 1.73 bits per heavy atom. The molecule has 26 heavy (non-hydrogen) atoms. The van der Waals surface area contributed by atoms with Gasteiger partial charge in [0.15, 0.2) is 6.10 Å². The van der Waals surface area contributed by atoms with Crippen LogP contribution in [0.2, 0.25) is 0 Å². The van der Waals surface area contributed by atoms with E-state index in [0.29, 0.717) is 6.42 Å². The van der Waals surface area contributed by atoms with Gasteiger partial charge in [-0.25, -0.2) is 0 Å². The zero-order valence-corrected chi connectivity index (χ0v) is 14.5. The standard InChI is InChI=1S/C19H20N2O5/c1-3-15(14-9-5-4-6-10-14)19(23)26-13(2)18(22)20-16-11-7-8-12-17(16)21(24)25/h4-13,15H,3H2,1-2H3,(H,20,22)/t13-,15-/m0/s1. The van der Waals surface area contributed by atoms with Crippen molar-refractivity contribution in [3.8, 4) is 0 Å². The molecule has 0 spiro atoms. The maximum Gasteiger partial charge on any atom is 0.314 e. The Morgan fingerprint density at radius 1 is 1.12 bits per heavy atom. The second-order valence-corrected chi connectivity index (χ2v) is 5.71. The van der Waals surface area contributed by atoms with E-state index in [1.165, 1.54) is 25.1 Å². The molecular weight excluding hydrogens is 336 g/mol. The van der Waals surface area contributed by atoms with Crippen molar-refractivity contribution in [1.29, 1.82) is 0 Å². The van der Waals surface area contributed by atoms with Crippen LogP contribution < -0.4 is 5.32 Å². The molecule has 1 N–H and O–H groups in total.